The van der Waals surface area contributed by atoms with E-state index in [-0.39, 0.29) is 6.10 Å². The summed E-state index contributed by atoms with van der Waals surface area (Å²) in [4.78, 5) is 2.23. The van der Waals surface area contributed by atoms with Crippen LogP contribution in [0.3, 0.4) is 0 Å². The fourth-order valence-corrected chi connectivity index (χ4v) is 1.91. The van der Waals surface area contributed by atoms with Gasteiger partial charge in [-0.3, -0.25) is 4.90 Å². The minimum Gasteiger partial charge on any atom is -0.392 e. The monoisotopic (exact) mass is 196 g/mol. The zero-order valence-corrected chi connectivity index (χ0v) is 8.66. The van der Waals surface area contributed by atoms with Crippen LogP contribution in [0.5, 0.6) is 0 Å². The molecule has 2 rings (SSSR count). The van der Waals surface area contributed by atoms with E-state index in [9.17, 15) is 5.11 Å². The van der Waals surface area contributed by atoms with E-state index in [1.54, 1.807) is 0 Å². The van der Waals surface area contributed by atoms with Crippen molar-refractivity contribution in [2.24, 2.45) is 0 Å². The van der Waals surface area contributed by atoms with E-state index < -0.39 is 0 Å². The molecular formula is C10H16N2O2. The van der Waals surface area contributed by atoms with Gasteiger partial charge < -0.3 is 9.63 Å². The molecule has 4 heteroatoms. The Hall–Kier alpha value is -0.870. The lowest BCUT2D eigenvalue weighted by Crippen LogP contribution is -2.22. The van der Waals surface area contributed by atoms with E-state index in [4.69, 9.17) is 4.52 Å². The van der Waals surface area contributed by atoms with Crippen molar-refractivity contribution in [1.29, 1.82) is 0 Å². The minimum atomic E-state index is -0.157. The number of hydrogen-bond acceptors (Lipinski definition) is 4. The smallest absolute Gasteiger partial charge is 0.138 e. The van der Waals surface area contributed by atoms with Gasteiger partial charge in [0.2, 0.25) is 0 Å². The molecule has 1 fully saturated rings. The first-order chi connectivity index (χ1) is 6.66. The van der Waals surface area contributed by atoms with Crippen LogP contribution in [0, 0.1) is 13.8 Å². The number of likely N-dealkylation sites (tertiary alicyclic amines) is 1. The average Bonchev–Trinajstić information content (AvgIpc) is 2.67. The fourth-order valence-electron chi connectivity index (χ4n) is 1.91. The molecule has 1 aliphatic heterocycles. The van der Waals surface area contributed by atoms with Crippen molar-refractivity contribution in [3.63, 3.8) is 0 Å². The summed E-state index contributed by atoms with van der Waals surface area (Å²) in [5, 5.41) is 13.3. The van der Waals surface area contributed by atoms with Gasteiger partial charge in [0.05, 0.1) is 11.8 Å². The van der Waals surface area contributed by atoms with Crippen molar-refractivity contribution < 1.29 is 9.63 Å². The Balaban J connectivity index is 2.04. The molecule has 1 aromatic rings. The summed E-state index contributed by atoms with van der Waals surface area (Å²) >= 11 is 0. The molecule has 14 heavy (non-hydrogen) atoms. The van der Waals surface area contributed by atoms with E-state index in [2.05, 4.69) is 10.1 Å². The molecule has 4 nitrogen and oxygen atoms in total. The number of aliphatic hydroxyl groups excluding tert-OH is 1. The zero-order valence-electron chi connectivity index (χ0n) is 8.66. The van der Waals surface area contributed by atoms with Crippen molar-refractivity contribution in [1.82, 2.24) is 10.1 Å². The van der Waals surface area contributed by atoms with E-state index in [1.807, 2.05) is 13.8 Å². The summed E-state index contributed by atoms with van der Waals surface area (Å²) in [6.07, 6.45) is 0.721. The minimum absolute atomic E-state index is 0.157. The Morgan fingerprint density at radius 2 is 2.36 bits per heavy atom. The lowest BCUT2D eigenvalue weighted by atomic mass is 10.2. The number of β-amino-alcohol motifs (C(OH)–C–C–N with tert-alkyl or cyclic N) is 1. The molecule has 0 bridgehead atoms. The Bertz CT molecular complexity index is 302. The summed E-state index contributed by atoms with van der Waals surface area (Å²) in [7, 11) is 0. The molecule has 1 N–H and O–H groups in total. The third-order valence-electron chi connectivity index (χ3n) is 2.81. The number of aromatic nitrogens is 1. The topological polar surface area (TPSA) is 49.5 Å². The van der Waals surface area contributed by atoms with Crippen LogP contribution in [0.2, 0.25) is 0 Å². The largest absolute Gasteiger partial charge is 0.392 e. The molecule has 0 unspecified atom stereocenters. The lowest BCUT2D eigenvalue weighted by molar-refractivity contribution is 0.174. The molecule has 1 aromatic heterocycles. The summed E-state index contributed by atoms with van der Waals surface area (Å²) in [5.74, 6) is 0.892. The normalized spacial score (nSPS) is 23.2. The molecule has 0 aromatic carbocycles. The van der Waals surface area contributed by atoms with Crippen molar-refractivity contribution in [2.75, 3.05) is 13.1 Å². The molecule has 0 saturated carbocycles. The fraction of sp³-hybridized carbons (Fsp3) is 0.700. The van der Waals surface area contributed by atoms with Gasteiger partial charge in [-0.25, -0.2) is 0 Å². The van der Waals surface area contributed by atoms with Crippen LogP contribution in [0.25, 0.3) is 0 Å². The van der Waals surface area contributed by atoms with Crippen LogP contribution in [0.1, 0.15) is 23.4 Å². The molecule has 0 aliphatic carbocycles. The van der Waals surface area contributed by atoms with Crippen molar-refractivity contribution >= 4 is 0 Å². The standard InChI is InChI=1S/C10H16N2O2/c1-7-10(8(2)14-11-7)6-12-4-3-9(13)5-12/h9,13H,3-6H2,1-2H3/t9-/m0/s1. The third kappa shape index (κ3) is 1.81. The van der Waals surface area contributed by atoms with Crippen LogP contribution in [0.4, 0.5) is 0 Å². The van der Waals surface area contributed by atoms with E-state index in [0.29, 0.717) is 0 Å². The maximum Gasteiger partial charge on any atom is 0.138 e. The quantitative estimate of drug-likeness (QED) is 0.762. The van der Waals surface area contributed by atoms with Gasteiger partial charge in [-0.1, -0.05) is 5.16 Å². The summed E-state index contributed by atoms with van der Waals surface area (Å²) in [5.41, 5.74) is 2.13. The molecule has 0 amide bonds. The number of nitrogens with zero attached hydrogens (tertiary/aromatic N) is 2. The highest BCUT2D eigenvalue weighted by Crippen LogP contribution is 2.18. The number of aryl methyl sites for hydroxylation is 2. The van der Waals surface area contributed by atoms with Crippen LogP contribution >= 0.6 is 0 Å². The highest BCUT2D eigenvalue weighted by Gasteiger charge is 2.22. The van der Waals surface area contributed by atoms with Crippen LogP contribution in [0.15, 0.2) is 4.52 Å². The van der Waals surface area contributed by atoms with Gasteiger partial charge >= 0.3 is 0 Å². The Kier molecular flexibility index (Phi) is 2.56. The van der Waals surface area contributed by atoms with Gasteiger partial charge in [0.1, 0.15) is 5.76 Å². The Morgan fingerprint density at radius 1 is 1.57 bits per heavy atom. The molecule has 1 aliphatic rings. The zero-order chi connectivity index (χ0) is 10.1. The number of hydrogen-bond donors (Lipinski definition) is 1. The van der Waals surface area contributed by atoms with Gasteiger partial charge in [-0.15, -0.1) is 0 Å². The van der Waals surface area contributed by atoms with Gasteiger partial charge in [-0.2, -0.15) is 0 Å². The van der Waals surface area contributed by atoms with E-state index >= 15 is 0 Å². The number of aliphatic hydroxyl groups is 1. The maximum absolute atomic E-state index is 9.39. The first kappa shape index (κ1) is 9.68. The van der Waals surface area contributed by atoms with Gasteiger partial charge in [0.25, 0.3) is 0 Å². The second-order valence-electron chi connectivity index (χ2n) is 3.98. The highest BCUT2D eigenvalue weighted by molar-refractivity contribution is 5.20. The van der Waals surface area contributed by atoms with Gasteiger partial charge in [0, 0.05) is 25.2 Å². The summed E-state index contributed by atoms with van der Waals surface area (Å²) in [6, 6.07) is 0. The van der Waals surface area contributed by atoms with Gasteiger partial charge in [-0.05, 0) is 20.3 Å². The maximum atomic E-state index is 9.39. The van der Waals surface area contributed by atoms with E-state index in [1.165, 1.54) is 5.56 Å². The average molecular weight is 196 g/mol. The van der Waals surface area contributed by atoms with Crippen molar-refractivity contribution in [3.05, 3.63) is 17.0 Å². The molecule has 1 saturated heterocycles. The lowest BCUT2D eigenvalue weighted by Gasteiger charge is -2.13. The van der Waals surface area contributed by atoms with E-state index in [0.717, 1.165) is 37.5 Å². The predicted molar refractivity (Wildman–Crippen MR) is 51.9 cm³/mol. The summed E-state index contributed by atoms with van der Waals surface area (Å²) in [6.45, 7) is 6.47. The molecule has 1 atom stereocenters. The molecular weight excluding hydrogens is 180 g/mol. The Labute approximate surface area is 83.5 Å². The predicted octanol–water partition coefficient (Wildman–Crippen LogP) is 0.858. The Morgan fingerprint density at radius 3 is 2.86 bits per heavy atom. The third-order valence-corrected chi connectivity index (χ3v) is 2.81. The van der Waals surface area contributed by atoms with Crippen molar-refractivity contribution in [3.8, 4) is 0 Å². The first-order valence-corrected chi connectivity index (χ1v) is 4.99. The highest BCUT2D eigenvalue weighted by atomic mass is 16.5. The molecule has 0 spiro atoms. The molecule has 0 radical (unpaired) electrons. The second kappa shape index (κ2) is 3.71. The van der Waals surface area contributed by atoms with Crippen LogP contribution < -0.4 is 0 Å². The first-order valence-electron chi connectivity index (χ1n) is 4.99. The van der Waals surface area contributed by atoms with Crippen LogP contribution in [-0.4, -0.2) is 34.4 Å². The summed E-state index contributed by atoms with van der Waals surface area (Å²) < 4.78 is 5.09. The van der Waals surface area contributed by atoms with Crippen LogP contribution in [-0.2, 0) is 6.54 Å². The van der Waals surface area contributed by atoms with Gasteiger partial charge in [0.15, 0.2) is 0 Å². The second-order valence-corrected chi connectivity index (χ2v) is 3.98. The van der Waals surface area contributed by atoms with Crippen molar-refractivity contribution in [2.45, 2.75) is 32.9 Å². The number of rotatable bonds is 2. The molecule has 2 heterocycles. The molecule has 78 valence electrons. The SMILES string of the molecule is Cc1noc(C)c1CN1CC[C@H](O)C1.